The molecule has 1 aromatic rings. The van der Waals surface area contributed by atoms with E-state index in [1.165, 1.54) is 11.1 Å². The van der Waals surface area contributed by atoms with Crippen LogP contribution in [-0.4, -0.2) is 17.6 Å². The number of rotatable bonds is 2. The van der Waals surface area contributed by atoms with E-state index >= 15 is 0 Å². The van der Waals surface area contributed by atoms with Gasteiger partial charge in [-0.1, -0.05) is 0 Å². The number of hydrogen-bond acceptors (Lipinski definition) is 2. The molecule has 1 atom stereocenters. The SMILES string of the molecule is CCOC(=O)C1CCc2c[nH]cc2C1. The summed E-state index contributed by atoms with van der Waals surface area (Å²) < 4.78 is 5.02. The Morgan fingerprint density at radius 2 is 2.36 bits per heavy atom. The third-order valence-corrected chi connectivity index (χ3v) is 2.78. The van der Waals surface area contributed by atoms with E-state index in [-0.39, 0.29) is 11.9 Å². The minimum Gasteiger partial charge on any atom is -0.466 e. The summed E-state index contributed by atoms with van der Waals surface area (Å²) in [5, 5.41) is 0. The van der Waals surface area contributed by atoms with Crippen LogP contribution in [-0.2, 0) is 22.4 Å². The number of fused-ring (bicyclic) bond motifs is 1. The molecular weight excluding hydrogens is 178 g/mol. The fraction of sp³-hybridized carbons (Fsp3) is 0.545. The van der Waals surface area contributed by atoms with Crippen LogP contribution in [0.5, 0.6) is 0 Å². The minimum atomic E-state index is -0.0423. The first-order valence-electron chi connectivity index (χ1n) is 5.12. The number of carbonyl (C=O) groups is 1. The Hall–Kier alpha value is -1.25. The molecule has 1 heterocycles. The Labute approximate surface area is 83.5 Å². The Kier molecular flexibility index (Phi) is 2.57. The summed E-state index contributed by atoms with van der Waals surface area (Å²) in [6.45, 7) is 2.33. The fourth-order valence-corrected chi connectivity index (χ4v) is 2.01. The maximum absolute atomic E-state index is 11.5. The van der Waals surface area contributed by atoms with Gasteiger partial charge in [-0.15, -0.1) is 0 Å². The predicted molar refractivity (Wildman–Crippen MR) is 52.9 cm³/mol. The van der Waals surface area contributed by atoms with Crippen molar-refractivity contribution in [3.8, 4) is 0 Å². The van der Waals surface area contributed by atoms with Crippen molar-refractivity contribution in [3.05, 3.63) is 23.5 Å². The van der Waals surface area contributed by atoms with Gasteiger partial charge in [0.05, 0.1) is 12.5 Å². The van der Waals surface area contributed by atoms with Crippen LogP contribution in [0.3, 0.4) is 0 Å². The number of carbonyl (C=O) groups excluding carboxylic acids is 1. The quantitative estimate of drug-likeness (QED) is 0.726. The number of esters is 1. The van der Waals surface area contributed by atoms with E-state index < -0.39 is 0 Å². The molecule has 0 spiro atoms. The summed E-state index contributed by atoms with van der Waals surface area (Å²) in [6, 6.07) is 0. The van der Waals surface area contributed by atoms with E-state index in [1.54, 1.807) is 0 Å². The lowest BCUT2D eigenvalue weighted by molar-refractivity contribution is -0.148. The molecule has 0 radical (unpaired) electrons. The lowest BCUT2D eigenvalue weighted by atomic mass is 9.86. The molecule has 0 aromatic carbocycles. The highest BCUT2D eigenvalue weighted by molar-refractivity contribution is 5.73. The molecule has 1 aromatic heterocycles. The van der Waals surface area contributed by atoms with E-state index in [0.29, 0.717) is 6.61 Å². The first-order chi connectivity index (χ1) is 6.81. The van der Waals surface area contributed by atoms with E-state index in [0.717, 1.165) is 19.3 Å². The fourth-order valence-electron chi connectivity index (χ4n) is 2.01. The second-order valence-corrected chi connectivity index (χ2v) is 3.70. The number of nitrogens with one attached hydrogen (secondary N) is 1. The zero-order valence-corrected chi connectivity index (χ0v) is 8.38. The summed E-state index contributed by atoms with van der Waals surface area (Å²) in [7, 11) is 0. The second-order valence-electron chi connectivity index (χ2n) is 3.70. The summed E-state index contributed by atoms with van der Waals surface area (Å²) in [5.41, 5.74) is 2.62. The molecule has 1 unspecified atom stereocenters. The van der Waals surface area contributed by atoms with Gasteiger partial charge in [-0.05, 0) is 37.3 Å². The first kappa shape index (κ1) is 9.31. The third kappa shape index (κ3) is 1.67. The lowest BCUT2D eigenvalue weighted by Gasteiger charge is -2.20. The molecule has 0 fully saturated rings. The van der Waals surface area contributed by atoms with Gasteiger partial charge in [0.15, 0.2) is 0 Å². The van der Waals surface area contributed by atoms with E-state index in [2.05, 4.69) is 4.98 Å². The number of aryl methyl sites for hydroxylation is 1. The molecule has 1 aliphatic rings. The standard InChI is InChI=1S/C11H15NO2/c1-2-14-11(13)8-3-4-9-6-12-7-10(9)5-8/h6-8,12H,2-5H2,1H3. The monoisotopic (exact) mass is 193 g/mol. The molecule has 3 nitrogen and oxygen atoms in total. The molecule has 1 N–H and O–H groups in total. The van der Waals surface area contributed by atoms with Gasteiger partial charge in [-0.2, -0.15) is 0 Å². The molecule has 0 bridgehead atoms. The van der Waals surface area contributed by atoms with Crippen molar-refractivity contribution in [2.24, 2.45) is 5.92 Å². The first-order valence-corrected chi connectivity index (χ1v) is 5.12. The minimum absolute atomic E-state index is 0.0423. The molecule has 0 amide bonds. The zero-order valence-electron chi connectivity index (χ0n) is 8.38. The lowest BCUT2D eigenvalue weighted by Crippen LogP contribution is -2.23. The molecule has 76 valence electrons. The topological polar surface area (TPSA) is 42.1 Å². The molecular formula is C11H15NO2. The van der Waals surface area contributed by atoms with Crippen LogP contribution in [0.2, 0.25) is 0 Å². The van der Waals surface area contributed by atoms with Crippen molar-refractivity contribution in [1.29, 1.82) is 0 Å². The van der Waals surface area contributed by atoms with Gasteiger partial charge in [-0.25, -0.2) is 0 Å². The molecule has 2 rings (SSSR count). The molecule has 0 aliphatic heterocycles. The van der Waals surface area contributed by atoms with Crippen LogP contribution >= 0.6 is 0 Å². The normalized spacial score (nSPS) is 20.2. The van der Waals surface area contributed by atoms with E-state index in [9.17, 15) is 4.79 Å². The number of H-pyrrole nitrogens is 1. The van der Waals surface area contributed by atoms with Crippen molar-refractivity contribution in [2.75, 3.05) is 6.61 Å². The molecule has 3 heteroatoms. The summed E-state index contributed by atoms with van der Waals surface area (Å²) in [5.74, 6) is 0.0256. The number of ether oxygens (including phenoxy) is 1. The highest BCUT2D eigenvalue weighted by Crippen LogP contribution is 2.25. The second kappa shape index (κ2) is 3.86. The maximum Gasteiger partial charge on any atom is 0.309 e. The van der Waals surface area contributed by atoms with Crippen molar-refractivity contribution in [2.45, 2.75) is 26.2 Å². The average molecular weight is 193 g/mol. The van der Waals surface area contributed by atoms with Gasteiger partial charge >= 0.3 is 5.97 Å². The van der Waals surface area contributed by atoms with Gasteiger partial charge in [0.25, 0.3) is 0 Å². The summed E-state index contributed by atoms with van der Waals surface area (Å²) in [6.07, 6.45) is 6.75. The Bertz CT molecular complexity index is 330. The number of hydrogen-bond donors (Lipinski definition) is 1. The number of aromatic nitrogens is 1. The summed E-state index contributed by atoms with van der Waals surface area (Å²) in [4.78, 5) is 14.6. The van der Waals surface area contributed by atoms with Crippen LogP contribution < -0.4 is 0 Å². The third-order valence-electron chi connectivity index (χ3n) is 2.78. The van der Waals surface area contributed by atoms with E-state index in [4.69, 9.17) is 4.74 Å². The highest BCUT2D eigenvalue weighted by atomic mass is 16.5. The molecule has 0 saturated heterocycles. The zero-order chi connectivity index (χ0) is 9.97. The Morgan fingerprint density at radius 1 is 1.57 bits per heavy atom. The van der Waals surface area contributed by atoms with Gasteiger partial charge < -0.3 is 9.72 Å². The largest absolute Gasteiger partial charge is 0.466 e. The van der Waals surface area contributed by atoms with Crippen molar-refractivity contribution < 1.29 is 9.53 Å². The molecule has 1 aliphatic carbocycles. The van der Waals surface area contributed by atoms with Gasteiger partial charge in [0.2, 0.25) is 0 Å². The molecule has 0 saturated carbocycles. The average Bonchev–Trinajstić information content (AvgIpc) is 2.64. The van der Waals surface area contributed by atoms with Crippen molar-refractivity contribution >= 4 is 5.97 Å². The maximum atomic E-state index is 11.5. The van der Waals surface area contributed by atoms with Crippen LogP contribution in [0.15, 0.2) is 12.4 Å². The Balaban J connectivity index is 2.04. The molecule has 14 heavy (non-hydrogen) atoms. The number of aromatic amines is 1. The van der Waals surface area contributed by atoms with Gasteiger partial charge in [0.1, 0.15) is 0 Å². The van der Waals surface area contributed by atoms with Crippen LogP contribution in [0.4, 0.5) is 0 Å². The Morgan fingerprint density at radius 3 is 3.14 bits per heavy atom. The smallest absolute Gasteiger partial charge is 0.309 e. The van der Waals surface area contributed by atoms with Crippen molar-refractivity contribution in [3.63, 3.8) is 0 Å². The van der Waals surface area contributed by atoms with Crippen LogP contribution in [0, 0.1) is 5.92 Å². The van der Waals surface area contributed by atoms with Crippen LogP contribution in [0.1, 0.15) is 24.5 Å². The van der Waals surface area contributed by atoms with Gasteiger partial charge in [0, 0.05) is 12.4 Å². The highest BCUT2D eigenvalue weighted by Gasteiger charge is 2.25. The van der Waals surface area contributed by atoms with Gasteiger partial charge in [-0.3, -0.25) is 4.79 Å². The van der Waals surface area contributed by atoms with E-state index in [1.807, 2.05) is 19.3 Å². The predicted octanol–water partition coefficient (Wildman–Crippen LogP) is 1.68. The van der Waals surface area contributed by atoms with Crippen LogP contribution in [0.25, 0.3) is 0 Å². The van der Waals surface area contributed by atoms with Crippen molar-refractivity contribution in [1.82, 2.24) is 4.98 Å². The summed E-state index contributed by atoms with van der Waals surface area (Å²) >= 11 is 0.